The van der Waals surface area contributed by atoms with Gasteiger partial charge < -0.3 is 5.32 Å². The highest BCUT2D eigenvalue weighted by Gasteiger charge is 2.12. The quantitative estimate of drug-likeness (QED) is 0.684. The normalized spacial score (nSPS) is 11.7. The van der Waals surface area contributed by atoms with Gasteiger partial charge in [-0.25, -0.2) is 13.1 Å². The van der Waals surface area contributed by atoms with E-state index in [9.17, 15) is 8.42 Å². The topological polar surface area (TPSA) is 58.2 Å². The second-order valence-corrected chi connectivity index (χ2v) is 6.40. The number of benzene rings is 1. The minimum absolute atomic E-state index is 0.336. The molecule has 0 aliphatic carbocycles. The summed E-state index contributed by atoms with van der Waals surface area (Å²) in [5.74, 6) is 0. The second-order valence-electron chi connectivity index (χ2n) is 4.63. The number of unbranched alkanes of at least 4 members (excludes halogenated alkanes) is 3. The Morgan fingerprint density at radius 3 is 2.32 bits per heavy atom. The molecule has 1 rings (SSSR count). The fourth-order valence-corrected chi connectivity index (χ4v) is 2.91. The Bertz CT molecular complexity index is 455. The Labute approximate surface area is 116 Å². The summed E-state index contributed by atoms with van der Waals surface area (Å²) in [6.07, 6.45) is 4.27. The first kappa shape index (κ1) is 16.1. The number of rotatable bonds is 9. The van der Waals surface area contributed by atoms with E-state index in [-0.39, 0.29) is 0 Å². The van der Waals surface area contributed by atoms with Gasteiger partial charge >= 0.3 is 0 Å². The summed E-state index contributed by atoms with van der Waals surface area (Å²) >= 11 is 0. The van der Waals surface area contributed by atoms with E-state index in [1.165, 1.54) is 0 Å². The van der Waals surface area contributed by atoms with Gasteiger partial charge in [0.25, 0.3) is 0 Å². The maximum Gasteiger partial charge on any atom is 0.240 e. The van der Waals surface area contributed by atoms with Gasteiger partial charge in [-0.05, 0) is 31.2 Å². The third-order valence-corrected chi connectivity index (χ3v) is 4.41. The standard InChI is InChI=1S/C14H24N2O2S/c1-3-4-5-6-11-16-19(17,18)14-9-7-13(8-10-14)12-15-2/h7-10,15-16H,3-6,11-12H2,1-2H3. The molecule has 108 valence electrons. The maximum atomic E-state index is 12.0. The van der Waals surface area contributed by atoms with Crippen molar-refractivity contribution in [2.75, 3.05) is 13.6 Å². The molecule has 0 aliphatic rings. The molecule has 1 aromatic rings. The molecular formula is C14H24N2O2S. The van der Waals surface area contributed by atoms with Crippen molar-refractivity contribution in [3.05, 3.63) is 29.8 Å². The van der Waals surface area contributed by atoms with E-state index < -0.39 is 10.0 Å². The number of hydrogen-bond acceptors (Lipinski definition) is 3. The van der Waals surface area contributed by atoms with E-state index in [1.54, 1.807) is 12.1 Å². The zero-order chi connectivity index (χ0) is 14.1. The van der Waals surface area contributed by atoms with Gasteiger partial charge in [0.05, 0.1) is 4.90 Å². The van der Waals surface area contributed by atoms with Crippen LogP contribution in [0.1, 0.15) is 38.2 Å². The molecule has 4 nitrogen and oxygen atoms in total. The van der Waals surface area contributed by atoms with Crippen LogP contribution in [0, 0.1) is 0 Å². The summed E-state index contributed by atoms with van der Waals surface area (Å²) in [5, 5.41) is 3.03. The van der Waals surface area contributed by atoms with E-state index in [0.29, 0.717) is 11.4 Å². The van der Waals surface area contributed by atoms with Crippen LogP contribution in [0.15, 0.2) is 29.2 Å². The molecule has 0 fully saturated rings. The molecule has 5 heteroatoms. The first-order valence-corrected chi connectivity index (χ1v) is 8.31. The average molecular weight is 284 g/mol. The Morgan fingerprint density at radius 1 is 1.05 bits per heavy atom. The summed E-state index contributed by atoms with van der Waals surface area (Å²) in [7, 11) is -1.49. The van der Waals surface area contributed by atoms with Crippen LogP contribution in [0.3, 0.4) is 0 Å². The fraction of sp³-hybridized carbons (Fsp3) is 0.571. The van der Waals surface area contributed by atoms with Crippen molar-refractivity contribution in [3.63, 3.8) is 0 Å². The Morgan fingerprint density at radius 2 is 1.74 bits per heavy atom. The highest BCUT2D eigenvalue weighted by atomic mass is 32.2. The molecule has 0 aliphatic heterocycles. The number of hydrogen-bond donors (Lipinski definition) is 2. The van der Waals surface area contributed by atoms with Gasteiger partial charge in [-0.1, -0.05) is 38.3 Å². The molecule has 0 spiro atoms. The SMILES string of the molecule is CCCCCCNS(=O)(=O)c1ccc(CNC)cc1. The van der Waals surface area contributed by atoms with Crippen molar-refractivity contribution in [1.82, 2.24) is 10.0 Å². The van der Waals surface area contributed by atoms with Gasteiger partial charge in [0.1, 0.15) is 0 Å². The predicted molar refractivity (Wildman–Crippen MR) is 78.5 cm³/mol. The molecule has 1 aromatic carbocycles. The first-order valence-electron chi connectivity index (χ1n) is 6.83. The van der Waals surface area contributed by atoms with Crippen molar-refractivity contribution in [2.45, 2.75) is 44.0 Å². The summed E-state index contributed by atoms with van der Waals surface area (Å²) < 4.78 is 26.7. The lowest BCUT2D eigenvalue weighted by molar-refractivity contribution is 0.573. The van der Waals surface area contributed by atoms with Crippen molar-refractivity contribution in [1.29, 1.82) is 0 Å². The van der Waals surface area contributed by atoms with Gasteiger partial charge in [0.2, 0.25) is 10.0 Å². The molecular weight excluding hydrogens is 260 g/mol. The van der Waals surface area contributed by atoms with Gasteiger partial charge in [-0.2, -0.15) is 0 Å². The zero-order valence-corrected chi connectivity index (χ0v) is 12.6. The minimum Gasteiger partial charge on any atom is -0.316 e. The van der Waals surface area contributed by atoms with E-state index >= 15 is 0 Å². The molecule has 0 radical (unpaired) electrons. The molecule has 2 N–H and O–H groups in total. The monoisotopic (exact) mass is 284 g/mol. The molecule has 0 amide bonds. The summed E-state index contributed by atoms with van der Waals surface area (Å²) in [5.41, 5.74) is 1.07. The van der Waals surface area contributed by atoms with Crippen LogP contribution in [-0.2, 0) is 16.6 Å². The van der Waals surface area contributed by atoms with E-state index in [0.717, 1.165) is 37.8 Å². The van der Waals surface area contributed by atoms with Crippen LogP contribution in [0.25, 0.3) is 0 Å². The van der Waals surface area contributed by atoms with Crippen LogP contribution in [-0.4, -0.2) is 22.0 Å². The van der Waals surface area contributed by atoms with E-state index in [1.807, 2.05) is 19.2 Å². The molecule has 0 unspecified atom stereocenters. The summed E-state index contributed by atoms with van der Waals surface area (Å²) in [6, 6.07) is 6.98. The maximum absolute atomic E-state index is 12.0. The van der Waals surface area contributed by atoms with Crippen LogP contribution >= 0.6 is 0 Å². The van der Waals surface area contributed by atoms with E-state index in [4.69, 9.17) is 0 Å². The van der Waals surface area contributed by atoms with Gasteiger partial charge in [-0.15, -0.1) is 0 Å². The van der Waals surface area contributed by atoms with Gasteiger partial charge in [-0.3, -0.25) is 0 Å². The largest absolute Gasteiger partial charge is 0.316 e. The van der Waals surface area contributed by atoms with Crippen LogP contribution in [0.5, 0.6) is 0 Å². The van der Waals surface area contributed by atoms with Crippen LogP contribution < -0.4 is 10.0 Å². The lowest BCUT2D eigenvalue weighted by Crippen LogP contribution is -2.24. The van der Waals surface area contributed by atoms with Crippen molar-refractivity contribution >= 4 is 10.0 Å². The van der Waals surface area contributed by atoms with Crippen molar-refractivity contribution in [3.8, 4) is 0 Å². The second kappa shape index (κ2) is 8.30. The zero-order valence-electron chi connectivity index (χ0n) is 11.8. The summed E-state index contributed by atoms with van der Waals surface area (Å²) in [4.78, 5) is 0.336. The van der Waals surface area contributed by atoms with Gasteiger partial charge in [0.15, 0.2) is 0 Å². The third kappa shape index (κ3) is 5.72. The lowest BCUT2D eigenvalue weighted by Gasteiger charge is -2.07. The molecule has 0 atom stereocenters. The van der Waals surface area contributed by atoms with Crippen molar-refractivity contribution in [2.24, 2.45) is 0 Å². The lowest BCUT2D eigenvalue weighted by atomic mass is 10.2. The van der Waals surface area contributed by atoms with Crippen molar-refractivity contribution < 1.29 is 8.42 Å². The molecule has 0 aromatic heterocycles. The predicted octanol–water partition coefficient (Wildman–Crippen LogP) is 2.26. The van der Waals surface area contributed by atoms with Crippen LogP contribution in [0.2, 0.25) is 0 Å². The minimum atomic E-state index is -3.35. The molecule has 0 saturated carbocycles. The molecule has 0 saturated heterocycles. The fourth-order valence-electron chi connectivity index (χ4n) is 1.83. The van der Waals surface area contributed by atoms with E-state index in [2.05, 4.69) is 17.0 Å². The average Bonchev–Trinajstić information content (AvgIpc) is 2.39. The summed E-state index contributed by atoms with van der Waals surface area (Å²) in [6.45, 7) is 3.39. The molecule has 19 heavy (non-hydrogen) atoms. The molecule has 0 bridgehead atoms. The number of sulfonamides is 1. The molecule has 0 heterocycles. The Kier molecular flexibility index (Phi) is 7.05. The third-order valence-electron chi connectivity index (χ3n) is 2.94. The van der Waals surface area contributed by atoms with Gasteiger partial charge in [0, 0.05) is 13.1 Å². The number of nitrogens with one attached hydrogen (secondary N) is 2. The Balaban J connectivity index is 2.52. The first-order chi connectivity index (χ1) is 9.10. The smallest absolute Gasteiger partial charge is 0.240 e. The highest BCUT2D eigenvalue weighted by Crippen LogP contribution is 2.10. The van der Waals surface area contributed by atoms with Crippen LogP contribution in [0.4, 0.5) is 0 Å². The highest BCUT2D eigenvalue weighted by molar-refractivity contribution is 7.89. The Hall–Kier alpha value is -0.910.